The van der Waals surface area contributed by atoms with Gasteiger partial charge in [-0.1, -0.05) is 39.0 Å². The second-order valence-corrected chi connectivity index (χ2v) is 7.55. The maximum atomic E-state index is 12.8. The predicted molar refractivity (Wildman–Crippen MR) is 106 cm³/mol. The number of fused-ring (bicyclic) bond motifs is 1. The van der Waals surface area contributed by atoms with Gasteiger partial charge in [0.15, 0.2) is 5.65 Å². The van der Waals surface area contributed by atoms with E-state index in [1.54, 1.807) is 13.2 Å². The maximum Gasteiger partial charge on any atom is 0.332 e. The Hall–Kier alpha value is -2.44. The fourth-order valence-electron chi connectivity index (χ4n) is 4.01. The van der Waals surface area contributed by atoms with Gasteiger partial charge in [0, 0.05) is 26.7 Å². The molecule has 7 heteroatoms. The number of nitrogens with zero attached hydrogens (tertiary/aromatic N) is 3. The molecule has 0 radical (unpaired) electrons. The first-order valence-corrected chi connectivity index (χ1v) is 9.81. The summed E-state index contributed by atoms with van der Waals surface area (Å²) in [6, 6.07) is 0. The number of amides is 1. The normalized spacial score (nSPS) is 14.8. The number of pyridine rings is 1. The highest BCUT2D eigenvalue weighted by atomic mass is 16.2. The lowest BCUT2D eigenvalue weighted by Crippen LogP contribution is -2.38. The highest BCUT2D eigenvalue weighted by Gasteiger charge is 2.20. The van der Waals surface area contributed by atoms with Crippen molar-refractivity contribution in [2.75, 3.05) is 5.32 Å². The van der Waals surface area contributed by atoms with Crippen molar-refractivity contribution < 1.29 is 4.79 Å². The second-order valence-electron chi connectivity index (χ2n) is 7.55. The lowest BCUT2D eigenvalue weighted by molar-refractivity contribution is -0.116. The average Bonchev–Trinajstić information content (AvgIpc) is 3.18. The highest BCUT2D eigenvalue weighted by Crippen LogP contribution is 2.29. The number of hydrogen-bond acceptors (Lipinski definition) is 4. The van der Waals surface area contributed by atoms with Gasteiger partial charge in [-0.3, -0.25) is 18.7 Å². The van der Waals surface area contributed by atoms with Crippen molar-refractivity contribution >= 4 is 22.6 Å². The van der Waals surface area contributed by atoms with E-state index in [9.17, 15) is 14.4 Å². The van der Waals surface area contributed by atoms with Crippen LogP contribution < -0.4 is 16.6 Å². The summed E-state index contributed by atoms with van der Waals surface area (Å²) in [4.78, 5) is 41.9. The average molecular weight is 372 g/mol. The molecule has 0 saturated heterocycles. The molecule has 0 aliphatic heterocycles. The summed E-state index contributed by atoms with van der Waals surface area (Å²) < 4.78 is 2.41. The highest BCUT2D eigenvalue weighted by molar-refractivity contribution is 6.01. The van der Waals surface area contributed by atoms with Gasteiger partial charge in [-0.2, -0.15) is 0 Å². The Balaban J connectivity index is 2.00. The zero-order valence-electron chi connectivity index (χ0n) is 16.4. The number of hydrogen-bond donors (Lipinski definition) is 1. The molecule has 1 saturated carbocycles. The van der Waals surface area contributed by atoms with E-state index in [-0.39, 0.29) is 5.91 Å². The van der Waals surface area contributed by atoms with Crippen LogP contribution in [0.4, 0.5) is 5.69 Å². The van der Waals surface area contributed by atoms with Crippen LogP contribution in [0.2, 0.25) is 0 Å². The number of aryl methyl sites for hydroxylation is 2. The number of anilines is 1. The molecule has 2 heterocycles. The molecular weight excluding hydrogens is 344 g/mol. The maximum absolute atomic E-state index is 12.8. The molecule has 27 heavy (non-hydrogen) atoms. The van der Waals surface area contributed by atoms with Gasteiger partial charge in [0.2, 0.25) is 5.91 Å². The van der Waals surface area contributed by atoms with E-state index in [1.165, 1.54) is 37.3 Å². The van der Waals surface area contributed by atoms with E-state index in [0.29, 0.717) is 35.5 Å². The summed E-state index contributed by atoms with van der Waals surface area (Å²) in [5.41, 5.74) is 0.782. The minimum absolute atomic E-state index is 0.0809. The molecule has 0 unspecified atom stereocenters. The zero-order chi connectivity index (χ0) is 19.6. The summed E-state index contributed by atoms with van der Waals surface area (Å²) in [5, 5.41) is 3.27. The van der Waals surface area contributed by atoms with Gasteiger partial charge in [0.25, 0.3) is 5.56 Å². The number of carbonyl (C=O) groups excluding carboxylic acids is 1. The third-order valence-electron chi connectivity index (χ3n) is 5.59. The Morgan fingerprint density at radius 3 is 2.59 bits per heavy atom. The second kappa shape index (κ2) is 8.06. The Morgan fingerprint density at radius 2 is 1.93 bits per heavy atom. The molecular formula is C20H28N4O3. The van der Waals surface area contributed by atoms with E-state index in [2.05, 4.69) is 10.3 Å². The van der Waals surface area contributed by atoms with Gasteiger partial charge in [-0.15, -0.1) is 0 Å². The van der Waals surface area contributed by atoms with Crippen LogP contribution in [-0.4, -0.2) is 20.0 Å². The summed E-state index contributed by atoms with van der Waals surface area (Å²) in [6.07, 6.45) is 9.48. The third-order valence-corrected chi connectivity index (χ3v) is 5.59. The number of nitrogens with one attached hydrogen (secondary N) is 1. The van der Waals surface area contributed by atoms with Crippen molar-refractivity contribution in [3.05, 3.63) is 32.6 Å². The van der Waals surface area contributed by atoms with Crippen LogP contribution in [-0.2, 0) is 25.3 Å². The summed E-state index contributed by atoms with van der Waals surface area (Å²) in [6.45, 7) is 2.04. The Labute approximate surface area is 158 Å². The first-order chi connectivity index (χ1) is 12.9. The lowest BCUT2D eigenvalue weighted by Gasteiger charge is -2.16. The minimum atomic E-state index is -0.429. The predicted octanol–water partition coefficient (Wildman–Crippen LogP) is 2.49. The minimum Gasteiger partial charge on any atom is -0.325 e. The smallest absolute Gasteiger partial charge is 0.325 e. The van der Waals surface area contributed by atoms with Crippen LogP contribution in [0.25, 0.3) is 11.0 Å². The zero-order valence-corrected chi connectivity index (χ0v) is 16.4. The SMILES string of the molecule is CCCc1cnc2c(c1NC(=O)CCC1CCCC1)c(=O)n(C)c(=O)n2C. The molecule has 1 fully saturated rings. The van der Waals surface area contributed by atoms with Crippen LogP contribution in [0.3, 0.4) is 0 Å². The van der Waals surface area contributed by atoms with Crippen LogP contribution in [0.5, 0.6) is 0 Å². The Bertz CT molecular complexity index is 968. The van der Waals surface area contributed by atoms with E-state index in [1.807, 2.05) is 6.92 Å². The van der Waals surface area contributed by atoms with Crippen molar-refractivity contribution in [1.82, 2.24) is 14.1 Å². The van der Waals surface area contributed by atoms with Crippen molar-refractivity contribution in [3.63, 3.8) is 0 Å². The molecule has 7 nitrogen and oxygen atoms in total. The van der Waals surface area contributed by atoms with Crippen LogP contribution in [0, 0.1) is 5.92 Å². The van der Waals surface area contributed by atoms with Gasteiger partial charge >= 0.3 is 5.69 Å². The van der Waals surface area contributed by atoms with E-state index < -0.39 is 11.2 Å². The Kier molecular flexibility index (Phi) is 5.77. The van der Waals surface area contributed by atoms with Gasteiger partial charge < -0.3 is 5.32 Å². The molecule has 1 aliphatic rings. The lowest BCUT2D eigenvalue weighted by atomic mass is 10.0. The number of carbonyl (C=O) groups is 1. The molecule has 1 N–H and O–H groups in total. The number of rotatable bonds is 6. The van der Waals surface area contributed by atoms with E-state index in [4.69, 9.17) is 0 Å². The molecule has 2 aromatic heterocycles. The van der Waals surface area contributed by atoms with Gasteiger partial charge in [0.1, 0.15) is 5.39 Å². The molecule has 146 valence electrons. The van der Waals surface area contributed by atoms with Crippen molar-refractivity contribution in [2.45, 2.75) is 58.3 Å². The van der Waals surface area contributed by atoms with E-state index >= 15 is 0 Å². The van der Waals surface area contributed by atoms with Crippen molar-refractivity contribution in [2.24, 2.45) is 20.0 Å². The first kappa shape index (κ1) is 19.3. The van der Waals surface area contributed by atoms with Gasteiger partial charge in [0.05, 0.1) is 5.69 Å². The molecule has 0 bridgehead atoms. The molecule has 1 aliphatic carbocycles. The quantitative estimate of drug-likeness (QED) is 0.844. The monoisotopic (exact) mass is 372 g/mol. The standard InChI is InChI=1S/C20H28N4O3/c1-4-7-14-12-21-18-16(19(26)24(3)20(27)23(18)2)17(14)22-15(25)11-10-13-8-5-6-9-13/h12-13H,4-11H2,1-3H3,(H,21,22,25). The van der Waals surface area contributed by atoms with Crippen molar-refractivity contribution in [1.29, 1.82) is 0 Å². The van der Waals surface area contributed by atoms with Gasteiger partial charge in [-0.25, -0.2) is 9.78 Å². The van der Waals surface area contributed by atoms with Crippen molar-refractivity contribution in [3.8, 4) is 0 Å². The Morgan fingerprint density at radius 1 is 1.22 bits per heavy atom. The summed E-state index contributed by atoms with van der Waals surface area (Å²) >= 11 is 0. The van der Waals surface area contributed by atoms with Crippen LogP contribution >= 0.6 is 0 Å². The first-order valence-electron chi connectivity index (χ1n) is 9.81. The fraction of sp³-hybridized carbons (Fsp3) is 0.600. The fourth-order valence-corrected chi connectivity index (χ4v) is 4.01. The number of aromatic nitrogens is 3. The summed E-state index contributed by atoms with van der Waals surface area (Å²) in [5.74, 6) is 0.552. The molecule has 1 amide bonds. The molecule has 0 spiro atoms. The van der Waals surface area contributed by atoms with Gasteiger partial charge in [-0.05, 0) is 24.3 Å². The molecule has 0 atom stereocenters. The molecule has 2 aromatic rings. The molecule has 0 aromatic carbocycles. The summed E-state index contributed by atoms with van der Waals surface area (Å²) in [7, 11) is 3.03. The third kappa shape index (κ3) is 3.82. The largest absolute Gasteiger partial charge is 0.332 e. The molecule has 3 rings (SSSR count). The topological polar surface area (TPSA) is 86.0 Å². The van der Waals surface area contributed by atoms with E-state index in [0.717, 1.165) is 23.0 Å². The van der Waals surface area contributed by atoms with Crippen LogP contribution in [0.1, 0.15) is 57.4 Å². The van der Waals surface area contributed by atoms with Crippen LogP contribution in [0.15, 0.2) is 15.8 Å².